The highest BCUT2D eigenvalue weighted by molar-refractivity contribution is 5.95. The van der Waals surface area contributed by atoms with Crippen LogP contribution in [0.15, 0.2) is 36.7 Å². The monoisotopic (exact) mass is 328 g/mol. The third-order valence-corrected chi connectivity index (χ3v) is 3.77. The average molecular weight is 328 g/mol. The van der Waals surface area contributed by atoms with Crippen molar-refractivity contribution in [3.05, 3.63) is 58.9 Å². The van der Waals surface area contributed by atoms with Crippen molar-refractivity contribution < 1.29 is 14.6 Å². The Hall–Kier alpha value is -2.40. The molecule has 0 fully saturated rings. The molecule has 5 heteroatoms. The van der Waals surface area contributed by atoms with Crippen molar-refractivity contribution in [3.8, 4) is 5.75 Å². The number of amides is 1. The average Bonchev–Trinajstić information content (AvgIpc) is 2.55. The summed E-state index contributed by atoms with van der Waals surface area (Å²) in [5.74, 6) is 0.653. The molecule has 128 valence electrons. The molecule has 1 atom stereocenters. The lowest BCUT2D eigenvalue weighted by Gasteiger charge is -2.16. The van der Waals surface area contributed by atoms with E-state index in [1.807, 2.05) is 45.0 Å². The largest absolute Gasteiger partial charge is 0.488 e. The van der Waals surface area contributed by atoms with Crippen LogP contribution in [0, 0.1) is 13.8 Å². The first-order chi connectivity index (χ1) is 11.5. The lowest BCUT2D eigenvalue weighted by atomic mass is 10.0. The topological polar surface area (TPSA) is 71.5 Å². The number of aromatic nitrogens is 1. The van der Waals surface area contributed by atoms with Crippen LogP contribution in [0.1, 0.15) is 40.4 Å². The van der Waals surface area contributed by atoms with Crippen LogP contribution in [-0.2, 0) is 6.61 Å². The number of hydrogen-bond acceptors (Lipinski definition) is 4. The fraction of sp³-hybridized carbons (Fsp3) is 0.368. The maximum Gasteiger partial charge on any atom is 0.251 e. The summed E-state index contributed by atoms with van der Waals surface area (Å²) in [6.45, 7) is 6.23. The molecular weight excluding hydrogens is 304 g/mol. The van der Waals surface area contributed by atoms with Crippen LogP contribution in [0.25, 0.3) is 0 Å². The van der Waals surface area contributed by atoms with Gasteiger partial charge in [-0.05, 0) is 56.5 Å². The van der Waals surface area contributed by atoms with Gasteiger partial charge in [-0.15, -0.1) is 0 Å². The molecule has 5 nitrogen and oxygen atoms in total. The van der Waals surface area contributed by atoms with Gasteiger partial charge in [-0.3, -0.25) is 9.78 Å². The summed E-state index contributed by atoms with van der Waals surface area (Å²) in [6.07, 6.45) is 4.04. The second kappa shape index (κ2) is 8.45. The van der Waals surface area contributed by atoms with Gasteiger partial charge in [0.15, 0.2) is 0 Å². The van der Waals surface area contributed by atoms with Crippen LogP contribution >= 0.6 is 0 Å². The number of carbonyl (C=O) groups is 1. The van der Waals surface area contributed by atoms with Gasteiger partial charge in [0, 0.05) is 36.2 Å². The van der Waals surface area contributed by atoms with Crippen LogP contribution in [0.4, 0.5) is 0 Å². The number of aliphatic hydroxyl groups is 1. The van der Waals surface area contributed by atoms with Crippen molar-refractivity contribution in [3.63, 3.8) is 0 Å². The van der Waals surface area contributed by atoms with E-state index in [1.54, 1.807) is 12.4 Å². The summed E-state index contributed by atoms with van der Waals surface area (Å²) in [4.78, 5) is 16.4. The highest BCUT2D eigenvalue weighted by atomic mass is 16.5. The van der Waals surface area contributed by atoms with Crippen molar-refractivity contribution in [2.75, 3.05) is 6.61 Å². The standard InChI is InChI=1S/C19H24N2O3/c1-13-9-17(19(23)21-15(3)6-8-22)10-14(2)18(13)24-12-16-5-4-7-20-11-16/h4-5,7,9-11,15,22H,6,8,12H2,1-3H3,(H,21,23). The highest BCUT2D eigenvalue weighted by Gasteiger charge is 2.13. The number of rotatable bonds is 7. The molecule has 0 spiro atoms. The van der Waals surface area contributed by atoms with Gasteiger partial charge in [0.1, 0.15) is 12.4 Å². The van der Waals surface area contributed by atoms with E-state index >= 15 is 0 Å². The Morgan fingerprint density at radius 3 is 2.62 bits per heavy atom. The first-order valence-corrected chi connectivity index (χ1v) is 8.06. The molecule has 1 aromatic carbocycles. The zero-order chi connectivity index (χ0) is 17.5. The molecule has 1 aromatic heterocycles. The molecule has 0 saturated heterocycles. The quantitative estimate of drug-likeness (QED) is 0.820. The van der Waals surface area contributed by atoms with E-state index in [-0.39, 0.29) is 18.6 Å². The third kappa shape index (κ3) is 4.80. The smallest absolute Gasteiger partial charge is 0.251 e. The molecule has 0 radical (unpaired) electrons. The van der Waals surface area contributed by atoms with E-state index in [9.17, 15) is 4.79 Å². The molecule has 0 aliphatic carbocycles. The highest BCUT2D eigenvalue weighted by Crippen LogP contribution is 2.25. The van der Waals surface area contributed by atoms with Gasteiger partial charge in [0.05, 0.1) is 0 Å². The van der Waals surface area contributed by atoms with E-state index in [0.29, 0.717) is 18.6 Å². The van der Waals surface area contributed by atoms with E-state index in [2.05, 4.69) is 10.3 Å². The minimum absolute atomic E-state index is 0.0562. The molecular formula is C19H24N2O3. The Bertz CT molecular complexity index is 663. The molecule has 1 unspecified atom stereocenters. The van der Waals surface area contributed by atoms with Crippen molar-refractivity contribution >= 4 is 5.91 Å². The second-order valence-electron chi connectivity index (χ2n) is 5.98. The van der Waals surface area contributed by atoms with Gasteiger partial charge in [0.2, 0.25) is 0 Å². The SMILES string of the molecule is Cc1cc(C(=O)NC(C)CCO)cc(C)c1OCc1cccnc1. The van der Waals surface area contributed by atoms with Crippen LogP contribution in [0.2, 0.25) is 0 Å². The van der Waals surface area contributed by atoms with E-state index in [0.717, 1.165) is 22.4 Å². The van der Waals surface area contributed by atoms with Gasteiger partial charge in [-0.1, -0.05) is 6.07 Å². The summed E-state index contributed by atoms with van der Waals surface area (Å²) in [5.41, 5.74) is 3.43. The molecule has 0 saturated carbocycles. The Kier molecular flexibility index (Phi) is 6.32. The summed E-state index contributed by atoms with van der Waals surface area (Å²) in [6, 6.07) is 7.42. The van der Waals surface area contributed by atoms with Gasteiger partial charge in [0.25, 0.3) is 5.91 Å². The van der Waals surface area contributed by atoms with E-state index < -0.39 is 0 Å². The Balaban J connectivity index is 2.09. The van der Waals surface area contributed by atoms with Crippen molar-refractivity contribution in [2.24, 2.45) is 0 Å². The molecule has 24 heavy (non-hydrogen) atoms. The molecule has 0 aliphatic heterocycles. The predicted octanol–water partition coefficient (Wildman–Crippen LogP) is 2.78. The summed E-state index contributed by atoms with van der Waals surface area (Å²) in [7, 11) is 0. The van der Waals surface area contributed by atoms with Gasteiger partial charge >= 0.3 is 0 Å². The van der Waals surface area contributed by atoms with Crippen LogP contribution < -0.4 is 10.1 Å². The molecule has 1 amide bonds. The first-order valence-electron chi connectivity index (χ1n) is 8.06. The Labute approximate surface area is 142 Å². The first kappa shape index (κ1) is 17.9. The fourth-order valence-electron chi connectivity index (χ4n) is 2.52. The van der Waals surface area contributed by atoms with E-state index in [4.69, 9.17) is 9.84 Å². The molecule has 1 heterocycles. The zero-order valence-electron chi connectivity index (χ0n) is 14.4. The molecule has 2 N–H and O–H groups in total. The summed E-state index contributed by atoms with van der Waals surface area (Å²) >= 11 is 0. The maximum absolute atomic E-state index is 12.3. The predicted molar refractivity (Wildman–Crippen MR) is 93.1 cm³/mol. The van der Waals surface area contributed by atoms with Crippen molar-refractivity contribution in [1.29, 1.82) is 0 Å². The molecule has 0 bridgehead atoms. The zero-order valence-corrected chi connectivity index (χ0v) is 14.4. The fourth-order valence-corrected chi connectivity index (χ4v) is 2.52. The molecule has 2 rings (SSSR count). The number of pyridine rings is 1. The van der Waals surface area contributed by atoms with Crippen LogP contribution in [0.5, 0.6) is 5.75 Å². The number of ether oxygens (including phenoxy) is 1. The van der Waals surface area contributed by atoms with Crippen molar-refractivity contribution in [2.45, 2.75) is 39.8 Å². The summed E-state index contributed by atoms with van der Waals surface area (Å²) < 4.78 is 5.90. The van der Waals surface area contributed by atoms with Gasteiger partial charge in [-0.25, -0.2) is 0 Å². The number of hydrogen-bond donors (Lipinski definition) is 2. The lowest BCUT2D eigenvalue weighted by molar-refractivity contribution is 0.0934. The van der Waals surface area contributed by atoms with Gasteiger partial charge < -0.3 is 15.2 Å². The Morgan fingerprint density at radius 1 is 1.33 bits per heavy atom. The normalized spacial score (nSPS) is 11.8. The minimum Gasteiger partial charge on any atom is -0.488 e. The van der Waals surface area contributed by atoms with E-state index in [1.165, 1.54) is 0 Å². The number of carbonyl (C=O) groups excluding carboxylic acids is 1. The minimum atomic E-state index is -0.138. The maximum atomic E-state index is 12.3. The second-order valence-corrected chi connectivity index (χ2v) is 5.98. The Morgan fingerprint density at radius 2 is 2.04 bits per heavy atom. The molecule has 0 aliphatic rings. The third-order valence-electron chi connectivity index (χ3n) is 3.77. The number of nitrogens with zero attached hydrogens (tertiary/aromatic N) is 1. The number of aryl methyl sites for hydroxylation is 2. The lowest BCUT2D eigenvalue weighted by Crippen LogP contribution is -2.33. The number of nitrogens with one attached hydrogen (secondary N) is 1. The number of benzene rings is 1. The van der Waals surface area contributed by atoms with Gasteiger partial charge in [-0.2, -0.15) is 0 Å². The summed E-state index contributed by atoms with van der Waals surface area (Å²) in [5, 5.41) is 11.8. The van der Waals surface area contributed by atoms with Crippen LogP contribution in [-0.4, -0.2) is 28.6 Å². The molecule has 2 aromatic rings. The van der Waals surface area contributed by atoms with Crippen molar-refractivity contribution in [1.82, 2.24) is 10.3 Å². The number of aliphatic hydroxyl groups excluding tert-OH is 1. The van der Waals surface area contributed by atoms with Crippen LogP contribution in [0.3, 0.4) is 0 Å².